The summed E-state index contributed by atoms with van der Waals surface area (Å²) in [7, 11) is 0. The van der Waals surface area contributed by atoms with Gasteiger partial charge in [0.15, 0.2) is 0 Å². The van der Waals surface area contributed by atoms with E-state index in [-0.39, 0.29) is 23.7 Å². The van der Waals surface area contributed by atoms with Crippen LogP contribution in [0.1, 0.15) is 19.3 Å². The minimum Gasteiger partial charge on any atom is -0.296 e. The second kappa shape index (κ2) is 2.32. The molecule has 1 N–H and O–H groups in total. The number of nitrogens with one attached hydrogen (secondary N) is 1. The van der Waals surface area contributed by atoms with Crippen LogP contribution >= 0.6 is 0 Å². The third-order valence-electron chi connectivity index (χ3n) is 2.46. The van der Waals surface area contributed by atoms with Gasteiger partial charge in [-0.25, -0.2) is 0 Å². The Labute approximate surface area is 65.2 Å². The molecule has 1 saturated heterocycles. The molecular formula is C8H10NO2. The van der Waals surface area contributed by atoms with Crippen LogP contribution in [0.4, 0.5) is 0 Å². The molecule has 2 rings (SSSR count). The molecule has 1 aliphatic carbocycles. The summed E-state index contributed by atoms with van der Waals surface area (Å²) in [5.41, 5.74) is 0. The van der Waals surface area contributed by atoms with Crippen molar-refractivity contribution < 1.29 is 9.59 Å². The van der Waals surface area contributed by atoms with Crippen LogP contribution in [0, 0.1) is 18.3 Å². The number of hydrogen-bond donors (Lipinski definition) is 1. The first-order valence-corrected chi connectivity index (χ1v) is 3.97. The Morgan fingerprint density at radius 3 is 2.91 bits per heavy atom. The minimum atomic E-state index is -0.115. The van der Waals surface area contributed by atoms with Crippen molar-refractivity contribution >= 4 is 11.8 Å². The van der Waals surface area contributed by atoms with E-state index < -0.39 is 0 Å². The molecule has 3 heteroatoms. The molecule has 1 heterocycles. The van der Waals surface area contributed by atoms with Gasteiger partial charge in [0.1, 0.15) is 0 Å². The normalized spacial score (nSPS) is 36.7. The molecule has 59 valence electrons. The molecule has 2 fully saturated rings. The molecule has 1 aliphatic heterocycles. The average Bonchev–Trinajstić information content (AvgIpc) is 2.30. The Kier molecular flexibility index (Phi) is 1.44. The Morgan fingerprint density at radius 2 is 2.18 bits per heavy atom. The first-order valence-electron chi connectivity index (χ1n) is 3.97. The number of carbonyl (C=O) groups excluding carboxylic acids is 2. The molecule has 2 amide bonds. The predicted molar refractivity (Wildman–Crippen MR) is 38.3 cm³/mol. The van der Waals surface area contributed by atoms with Crippen molar-refractivity contribution in [2.45, 2.75) is 19.3 Å². The van der Waals surface area contributed by atoms with Crippen molar-refractivity contribution in [3.8, 4) is 0 Å². The van der Waals surface area contributed by atoms with Gasteiger partial charge in [-0.15, -0.1) is 0 Å². The molecule has 1 radical (unpaired) electrons. The summed E-state index contributed by atoms with van der Waals surface area (Å²) in [6.45, 7) is 0. The van der Waals surface area contributed by atoms with Gasteiger partial charge in [0.25, 0.3) is 0 Å². The molecule has 2 aliphatic rings. The third kappa shape index (κ3) is 0.951. The molecule has 3 nitrogen and oxygen atoms in total. The van der Waals surface area contributed by atoms with Crippen LogP contribution < -0.4 is 5.32 Å². The third-order valence-corrected chi connectivity index (χ3v) is 2.46. The number of fused-ring (bicyclic) bond motifs is 1. The molecule has 0 spiro atoms. The maximum atomic E-state index is 11.1. The van der Waals surface area contributed by atoms with Crippen molar-refractivity contribution in [1.82, 2.24) is 5.32 Å². The summed E-state index contributed by atoms with van der Waals surface area (Å²) >= 11 is 0. The zero-order valence-electron chi connectivity index (χ0n) is 6.17. The molecule has 2 unspecified atom stereocenters. The highest BCUT2D eigenvalue weighted by Crippen LogP contribution is 2.32. The van der Waals surface area contributed by atoms with Crippen molar-refractivity contribution in [2.75, 3.05) is 0 Å². The fourth-order valence-electron chi connectivity index (χ4n) is 1.86. The highest BCUT2D eigenvalue weighted by Gasteiger charge is 2.42. The second-order valence-electron chi connectivity index (χ2n) is 3.15. The zero-order chi connectivity index (χ0) is 7.84. The fraction of sp³-hybridized carbons (Fsp3) is 0.625. The van der Waals surface area contributed by atoms with Crippen LogP contribution in [0.25, 0.3) is 0 Å². The Bertz CT molecular complexity index is 190. The summed E-state index contributed by atoms with van der Waals surface area (Å²) in [6.07, 6.45) is 4.86. The highest BCUT2D eigenvalue weighted by molar-refractivity contribution is 6.05. The van der Waals surface area contributed by atoms with Crippen molar-refractivity contribution in [2.24, 2.45) is 11.8 Å². The second-order valence-corrected chi connectivity index (χ2v) is 3.15. The smallest absolute Gasteiger partial charge is 0.230 e. The first-order chi connectivity index (χ1) is 5.29. The first kappa shape index (κ1) is 6.83. The highest BCUT2D eigenvalue weighted by atomic mass is 16.2. The van der Waals surface area contributed by atoms with Gasteiger partial charge >= 0.3 is 0 Å². The van der Waals surface area contributed by atoms with Crippen molar-refractivity contribution in [3.05, 3.63) is 6.42 Å². The number of rotatable bonds is 0. The Hall–Kier alpha value is -0.860. The van der Waals surface area contributed by atoms with E-state index in [9.17, 15) is 9.59 Å². The van der Waals surface area contributed by atoms with Crippen LogP contribution in [0.2, 0.25) is 0 Å². The lowest BCUT2D eigenvalue weighted by atomic mass is 9.81. The van der Waals surface area contributed by atoms with E-state index in [1.807, 2.05) is 6.42 Å². The van der Waals surface area contributed by atoms with Crippen LogP contribution in [0.5, 0.6) is 0 Å². The number of imide groups is 1. The number of carbonyl (C=O) groups is 2. The Morgan fingerprint density at radius 1 is 1.36 bits per heavy atom. The lowest BCUT2D eigenvalue weighted by Crippen LogP contribution is -2.22. The average molecular weight is 152 g/mol. The maximum absolute atomic E-state index is 11.1. The lowest BCUT2D eigenvalue weighted by Gasteiger charge is -2.19. The summed E-state index contributed by atoms with van der Waals surface area (Å²) in [4.78, 5) is 22.1. The van der Waals surface area contributed by atoms with Gasteiger partial charge < -0.3 is 0 Å². The monoisotopic (exact) mass is 152 g/mol. The van der Waals surface area contributed by atoms with Gasteiger partial charge in [-0.3, -0.25) is 14.9 Å². The molecule has 1 saturated carbocycles. The molecule has 0 aromatic rings. The van der Waals surface area contributed by atoms with Gasteiger partial charge in [-0.2, -0.15) is 0 Å². The van der Waals surface area contributed by atoms with Crippen LogP contribution in [0.15, 0.2) is 0 Å². The Balaban J connectivity index is 2.19. The van der Waals surface area contributed by atoms with Gasteiger partial charge in [0.2, 0.25) is 11.8 Å². The van der Waals surface area contributed by atoms with E-state index in [1.165, 1.54) is 0 Å². The van der Waals surface area contributed by atoms with Crippen LogP contribution in [-0.4, -0.2) is 11.8 Å². The fourth-order valence-corrected chi connectivity index (χ4v) is 1.86. The van der Waals surface area contributed by atoms with E-state index >= 15 is 0 Å². The summed E-state index contributed by atoms with van der Waals surface area (Å²) in [5.74, 6) is -0.330. The van der Waals surface area contributed by atoms with Crippen molar-refractivity contribution in [3.63, 3.8) is 0 Å². The van der Waals surface area contributed by atoms with E-state index in [1.54, 1.807) is 0 Å². The van der Waals surface area contributed by atoms with E-state index in [0.717, 1.165) is 19.3 Å². The number of amides is 2. The summed E-state index contributed by atoms with van der Waals surface area (Å²) in [6, 6.07) is 0. The van der Waals surface area contributed by atoms with Crippen LogP contribution in [-0.2, 0) is 9.59 Å². The van der Waals surface area contributed by atoms with Crippen LogP contribution in [0.3, 0.4) is 0 Å². The summed E-state index contributed by atoms with van der Waals surface area (Å²) in [5, 5.41) is 2.35. The molecule has 2 atom stereocenters. The predicted octanol–water partition coefficient (Wildman–Crippen LogP) is 0.263. The zero-order valence-corrected chi connectivity index (χ0v) is 6.17. The number of hydrogen-bond acceptors (Lipinski definition) is 2. The largest absolute Gasteiger partial charge is 0.296 e. The van der Waals surface area contributed by atoms with E-state index in [0.29, 0.717) is 0 Å². The molecule has 0 aromatic heterocycles. The quantitative estimate of drug-likeness (QED) is 0.506. The topological polar surface area (TPSA) is 46.2 Å². The van der Waals surface area contributed by atoms with E-state index in [2.05, 4.69) is 5.32 Å². The van der Waals surface area contributed by atoms with Crippen molar-refractivity contribution in [1.29, 1.82) is 0 Å². The summed E-state index contributed by atoms with van der Waals surface area (Å²) < 4.78 is 0. The molecule has 0 bridgehead atoms. The minimum absolute atomic E-state index is 0.0451. The molecular weight excluding hydrogens is 142 g/mol. The van der Waals surface area contributed by atoms with Gasteiger partial charge in [-0.1, -0.05) is 6.42 Å². The SMILES string of the molecule is O=C1NC(=O)C2CCC[CH]C12. The lowest BCUT2D eigenvalue weighted by molar-refractivity contribution is -0.126. The van der Waals surface area contributed by atoms with Gasteiger partial charge in [-0.05, 0) is 19.3 Å². The van der Waals surface area contributed by atoms with E-state index in [4.69, 9.17) is 0 Å². The molecule has 0 aromatic carbocycles. The van der Waals surface area contributed by atoms with Gasteiger partial charge in [0, 0.05) is 0 Å². The standard InChI is InChI=1S/C8H10NO2/c10-7-5-3-1-2-4-6(5)8(11)9-7/h3,5-6H,1-2,4H2,(H,9,10,11). The maximum Gasteiger partial charge on any atom is 0.230 e. The molecule has 11 heavy (non-hydrogen) atoms. The van der Waals surface area contributed by atoms with Gasteiger partial charge in [0.05, 0.1) is 11.8 Å².